The summed E-state index contributed by atoms with van der Waals surface area (Å²) in [4.78, 5) is 23.3. The summed E-state index contributed by atoms with van der Waals surface area (Å²) in [5.41, 5.74) is -0.363. The van der Waals surface area contributed by atoms with Gasteiger partial charge in [-0.1, -0.05) is 19.1 Å². The maximum Gasteiger partial charge on any atom is 0.329 e. The van der Waals surface area contributed by atoms with Crippen LogP contribution in [0.15, 0.2) is 24.3 Å². The van der Waals surface area contributed by atoms with Gasteiger partial charge in [-0.05, 0) is 43.4 Å². The number of benzene rings is 1. The van der Waals surface area contributed by atoms with E-state index in [4.69, 9.17) is 0 Å². The number of carbonyl (C=O) groups excluding carboxylic acids is 1. The van der Waals surface area contributed by atoms with Crippen molar-refractivity contribution in [1.82, 2.24) is 5.32 Å². The normalized spacial score (nSPS) is 17.9. The predicted molar refractivity (Wildman–Crippen MR) is 71.6 cm³/mol. The van der Waals surface area contributed by atoms with Crippen molar-refractivity contribution in [1.29, 1.82) is 0 Å². The Morgan fingerprint density at radius 3 is 2.65 bits per heavy atom. The van der Waals surface area contributed by atoms with Gasteiger partial charge in [0.15, 0.2) is 0 Å². The van der Waals surface area contributed by atoms with Crippen LogP contribution in [0, 0.1) is 11.7 Å². The highest BCUT2D eigenvalue weighted by molar-refractivity contribution is 5.88. The van der Waals surface area contributed by atoms with Gasteiger partial charge in [-0.2, -0.15) is 0 Å². The number of aliphatic carboxylic acids is 1. The number of carboxylic acids is 1. The molecule has 0 heterocycles. The van der Waals surface area contributed by atoms with Gasteiger partial charge >= 0.3 is 5.97 Å². The monoisotopic (exact) mass is 279 g/mol. The first-order chi connectivity index (χ1) is 9.43. The number of hydrogen-bond acceptors (Lipinski definition) is 2. The molecule has 108 valence electrons. The quantitative estimate of drug-likeness (QED) is 0.867. The van der Waals surface area contributed by atoms with Gasteiger partial charge in [-0.15, -0.1) is 0 Å². The smallest absolute Gasteiger partial charge is 0.329 e. The molecule has 0 aromatic heterocycles. The minimum absolute atomic E-state index is 0.295. The van der Waals surface area contributed by atoms with E-state index in [1.807, 2.05) is 0 Å². The molecular formula is C15H18FNO3. The number of carbonyl (C=O) groups is 2. The number of hydrogen-bond donors (Lipinski definition) is 2. The van der Waals surface area contributed by atoms with Gasteiger partial charge in [-0.25, -0.2) is 9.18 Å². The highest BCUT2D eigenvalue weighted by atomic mass is 19.1. The van der Waals surface area contributed by atoms with Gasteiger partial charge in [-0.3, -0.25) is 4.79 Å². The van der Waals surface area contributed by atoms with Crippen LogP contribution in [0.1, 0.15) is 31.7 Å². The minimum atomic E-state index is -1.09. The Morgan fingerprint density at radius 1 is 1.45 bits per heavy atom. The first kappa shape index (κ1) is 14.5. The first-order valence-corrected chi connectivity index (χ1v) is 6.73. The second-order valence-corrected chi connectivity index (χ2v) is 5.47. The lowest BCUT2D eigenvalue weighted by atomic mass is 9.76. The molecule has 2 N–H and O–H groups in total. The summed E-state index contributed by atoms with van der Waals surface area (Å²) in [6.45, 7) is 1.72. The largest absolute Gasteiger partial charge is 0.480 e. The standard InChI is InChI=1S/C15H18FNO3/c1-10(8-11-4-2-5-12(16)9-11)13(18)17-15(14(19)20)6-3-7-15/h2,4-5,9-10H,3,6-8H2,1H3,(H,17,18)(H,19,20). The summed E-state index contributed by atoms with van der Waals surface area (Å²) in [6, 6.07) is 6.09. The number of rotatable bonds is 5. The van der Waals surface area contributed by atoms with E-state index in [-0.39, 0.29) is 11.7 Å². The Bertz CT molecular complexity index is 526. The molecule has 4 nitrogen and oxygen atoms in total. The SMILES string of the molecule is CC(Cc1cccc(F)c1)C(=O)NC1(C(=O)O)CCC1. The van der Waals surface area contributed by atoms with E-state index in [0.717, 1.165) is 12.0 Å². The molecule has 1 atom stereocenters. The number of amides is 1. The molecule has 1 aliphatic carbocycles. The third kappa shape index (κ3) is 2.98. The molecule has 5 heteroatoms. The van der Waals surface area contributed by atoms with Crippen molar-refractivity contribution in [2.45, 2.75) is 38.1 Å². The summed E-state index contributed by atoms with van der Waals surface area (Å²) in [7, 11) is 0. The van der Waals surface area contributed by atoms with E-state index >= 15 is 0 Å². The van der Waals surface area contributed by atoms with E-state index in [1.165, 1.54) is 12.1 Å². The van der Waals surface area contributed by atoms with Gasteiger partial charge in [0, 0.05) is 5.92 Å². The van der Waals surface area contributed by atoms with Crippen LogP contribution >= 0.6 is 0 Å². The molecule has 0 bridgehead atoms. The van der Waals surface area contributed by atoms with Crippen molar-refractivity contribution in [3.63, 3.8) is 0 Å². The lowest BCUT2D eigenvalue weighted by Crippen LogP contribution is -2.60. The zero-order chi connectivity index (χ0) is 14.8. The van der Waals surface area contributed by atoms with Gasteiger partial charge < -0.3 is 10.4 Å². The van der Waals surface area contributed by atoms with Gasteiger partial charge in [0.05, 0.1) is 0 Å². The van der Waals surface area contributed by atoms with Gasteiger partial charge in [0.25, 0.3) is 0 Å². The molecule has 1 unspecified atom stereocenters. The summed E-state index contributed by atoms with van der Waals surface area (Å²) in [6.07, 6.45) is 2.14. The van der Waals surface area contributed by atoms with E-state index in [9.17, 15) is 19.1 Å². The third-order valence-corrected chi connectivity index (χ3v) is 3.86. The number of carboxylic acid groups (broad SMARTS) is 1. The van der Waals surface area contributed by atoms with Crippen LogP contribution in [0.3, 0.4) is 0 Å². The molecule has 0 saturated heterocycles. The van der Waals surface area contributed by atoms with Crippen LogP contribution in [0.5, 0.6) is 0 Å². The Balaban J connectivity index is 1.97. The van der Waals surface area contributed by atoms with Gasteiger partial charge in [0.2, 0.25) is 5.91 Å². The summed E-state index contributed by atoms with van der Waals surface area (Å²) in [5.74, 6) is -2.00. The molecule has 2 rings (SSSR count). The summed E-state index contributed by atoms with van der Waals surface area (Å²) >= 11 is 0. The van der Waals surface area contributed by atoms with E-state index < -0.39 is 17.4 Å². The van der Waals surface area contributed by atoms with Crippen molar-refractivity contribution in [2.75, 3.05) is 0 Å². The Hall–Kier alpha value is -1.91. The summed E-state index contributed by atoms with van der Waals surface area (Å²) < 4.78 is 13.1. The fraction of sp³-hybridized carbons (Fsp3) is 0.467. The Labute approximate surface area is 117 Å². The molecule has 1 saturated carbocycles. The fourth-order valence-electron chi connectivity index (χ4n) is 2.39. The van der Waals surface area contributed by atoms with Crippen molar-refractivity contribution in [2.24, 2.45) is 5.92 Å². The van der Waals surface area contributed by atoms with Crippen LogP contribution < -0.4 is 5.32 Å². The van der Waals surface area contributed by atoms with Crippen molar-refractivity contribution >= 4 is 11.9 Å². The maximum atomic E-state index is 13.1. The van der Waals surface area contributed by atoms with Crippen LogP contribution in [0.4, 0.5) is 4.39 Å². The lowest BCUT2D eigenvalue weighted by molar-refractivity contribution is -0.152. The van der Waals surface area contributed by atoms with Crippen LogP contribution in [0.25, 0.3) is 0 Å². The van der Waals surface area contributed by atoms with Crippen LogP contribution in [-0.2, 0) is 16.0 Å². The molecule has 0 radical (unpaired) electrons. The van der Waals surface area contributed by atoms with Crippen LogP contribution in [0.2, 0.25) is 0 Å². The number of halogens is 1. The van der Waals surface area contributed by atoms with Crippen molar-refractivity contribution < 1.29 is 19.1 Å². The summed E-state index contributed by atoms with van der Waals surface area (Å²) in [5, 5.41) is 11.8. The lowest BCUT2D eigenvalue weighted by Gasteiger charge is -2.38. The average molecular weight is 279 g/mol. The molecule has 1 aliphatic rings. The van der Waals surface area contributed by atoms with Crippen LogP contribution in [-0.4, -0.2) is 22.5 Å². The molecule has 1 amide bonds. The topological polar surface area (TPSA) is 66.4 Å². The molecule has 0 aliphatic heterocycles. The van der Waals surface area contributed by atoms with E-state index in [1.54, 1.807) is 19.1 Å². The predicted octanol–water partition coefficient (Wildman–Crippen LogP) is 2.13. The Kier molecular flexibility index (Phi) is 4.06. The van der Waals surface area contributed by atoms with E-state index in [2.05, 4.69) is 5.32 Å². The second kappa shape index (κ2) is 5.61. The zero-order valence-electron chi connectivity index (χ0n) is 11.4. The molecular weight excluding hydrogens is 261 g/mol. The Morgan fingerprint density at radius 2 is 2.15 bits per heavy atom. The minimum Gasteiger partial charge on any atom is -0.480 e. The highest BCUT2D eigenvalue weighted by Crippen LogP contribution is 2.32. The third-order valence-electron chi connectivity index (χ3n) is 3.86. The van der Waals surface area contributed by atoms with E-state index in [0.29, 0.717) is 19.3 Å². The maximum absolute atomic E-state index is 13.1. The van der Waals surface area contributed by atoms with Crippen molar-refractivity contribution in [3.8, 4) is 0 Å². The molecule has 1 aromatic carbocycles. The van der Waals surface area contributed by atoms with Crippen molar-refractivity contribution in [3.05, 3.63) is 35.6 Å². The highest BCUT2D eigenvalue weighted by Gasteiger charge is 2.46. The fourth-order valence-corrected chi connectivity index (χ4v) is 2.39. The van der Waals surface area contributed by atoms with Gasteiger partial charge in [0.1, 0.15) is 11.4 Å². The average Bonchev–Trinajstić information content (AvgIpc) is 2.32. The molecule has 1 aromatic rings. The zero-order valence-corrected chi connectivity index (χ0v) is 11.4. The molecule has 0 spiro atoms. The number of nitrogens with one attached hydrogen (secondary N) is 1. The second-order valence-electron chi connectivity index (χ2n) is 5.47. The molecule has 1 fully saturated rings. The first-order valence-electron chi connectivity index (χ1n) is 6.73. The molecule has 20 heavy (non-hydrogen) atoms.